The highest BCUT2D eigenvalue weighted by atomic mass is 16.6. The molecule has 0 aliphatic heterocycles. The standard InChI is InChI=1S/C10H21N3O5/c1-9(2,3)18-8(16)13-6-10(17,4-11)5-12-7(14)15/h12,17H,4-6,11H2,1-3H3,(H,13,16)(H,14,15)/p-1. The second kappa shape index (κ2) is 6.41. The summed E-state index contributed by atoms with van der Waals surface area (Å²) < 4.78 is 4.95. The molecule has 0 radical (unpaired) electrons. The van der Waals surface area contributed by atoms with Crippen LogP contribution in [0.5, 0.6) is 0 Å². The van der Waals surface area contributed by atoms with Crippen molar-refractivity contribution in [3.63, 3.8) is 0 Å². The maximum atomic E-state index is 11.3. The topological polar surface area (TPSA) is 137 Å². The molecule has 5 N–H and O–H groups in total. The molecule has 0 fully saturated rings. The van der Waals surface area contributed by atoms with E-state index in [1.807, 2.05) is 5.32 Å². The van der Waals surface area contributed by atoms with E-state index < -0.39 is 23.4 Å². The number of amides is 2. The fraction of sp³-hybridized carbons (Fsp3) is 0.800. The first-order valence-electron chi connectivity index (χ1n) is 5.42. The van der Waals surface area contributed by atoms with Crippen LogP contribution in [0, 0.1) is 0 Å². The predicted octanol–water partition coefficient (Wildman–Crippen LogP) is -1.87. The monoisotopic (exact) mass is 262 g/mol. The molecule has 0 rings (SSSR count). The lowest BCUT2D eigenvalue weighted by molar-refractivity contribution is -0.251. The van der Waals surface area contributed by atoms with E-state index in [1.54, 1.807) is 20.8 Å². The van der Waals surface area contributed by atoms with E-state index in [9.17, 15) is 19.8 Å². The number of hydrogen-bond acceptors (Lipinski definition) is 6. The normalized spacial score (nSPS) is 14.5. The minimum atomic E-state index is -1.59. The number of ether oxygens (including phenoxy) is 1. The van der Waals surface area contributed by atoms with Gasteiger partial charge in [0, 0.05) is 13.1 Å². The number of carbonyl (C=O) groups excluding carboxylic acids is 2. The third kappa shape index (κ3) is 7.69. The van der Waals surface area contributed by atoms with Gasteiger partial charge in [-0.05, 0) is 20.8 Å². The van der Waals surface area contributed by atoms with Gasteiger partial charge in [-0.1, -0.05) is 0 Å². The second-order valence-electron chi connectivity index (χ2n) is 4.92. The number of nitrogens with two attached hydrogens (primary N) is 1. The summed E-state index contributed by atoms with van der Waals surface area (Å²) in [4.78, 5) is 21.5. The van der Waals surface area contributed by atoms with Crippen LogP contribution < -0.4 is 21.5 Å². The van der Waals surface area contributed by atoms with E-state index in [0.29, 0.717) is 0 Å². The molecule has 8 heteroatoms. The zero-order chi connectivity index (χ0) is 14.4. The minimum Gasteiger partial charge on any atom is -0.530 e. The maximum Gasteiger partial charge on any atom is 0.407 e. The van der Waals surface area contributed by atoms with Crippen LogP contribution in [0.3, 0.4) is 0 Å². The van der Waals surface area contributed by atoms with Gasteiger partial charge in [-0.25, -0.2) is 4.79 Å². The van der Waals surface area contributed by atoms with Crippen molar-refractivity contribution in [2.45, 2.75) is 32.0 Å². The van der Waals surface area contributed by atoms with E-state index in [0.717, 1.165) is 0 Å². The third-order valence-corrected chi connectivity index (χ3v) is 1.90. The van der Waals surface area contributed by atoms with Crippen molar-refractivity contribution in [3.8, 4) is 0 Å². The first-order chi connectivity index (χ1) is 8.08. The highest BCUT2D eigenvalue weighted by Gasteiger charge is 2.27. The Balaban J connectivity index is 4.21. The molecule has 2 amide bonds. The van der Waals surface area contributed by atoms with Crippen molar-refractivity contribution >= 4 is 12.2 Å². The molecule has 0 aliphatic rings. The lowest BCUT2D eigenvalue weighted by atomic mass is 10.1. The first-order valence-corrected chi connectivity index (χ1v) is 5.42. The molecule has 0 aromatic carbocycles. The van der Waals surface area contributed by atoms with E-state index in [4.69, 9.17) is 10.5 Å². The largest absolute Gasteiger partial charge is 0.530 e. The molecular weight excluding hydrogens is 242 g/mol. The lowest BCUT2D eigenvalue weighted by Gasteiger charge is -2.28. The van der Waals surface area contributed by atoms with Crippen molar-refractivity contribution < 1.29 is 24.5 Å². The van der Waals surface area contributed by atoms with Crippen molar-refractivity contribution in [1.29, 1.82) is 0 Å². The molecule has 1 atom stereocenters. The van der Waals surface area contributed by atoms with Gasteiger partial charge in [0.2, 0.25) is 0 Å². The van der Waals surface area contributed by atoms with Crippen LogP contribution in [-0.2, 0) is 4.74 Å². The average molecular weight is 262 g/mol. The summed E-state index contributed by atoms with van der Waals surface area (Å²) in [7, 11) is 0. The van der Waals surface area contributed by atoms with Gasteiger partial charge in [0.25, 0.3) is 0 Å². The Morgan fingerprint density at radius 2 is 1.78 bits per heavy atom. The zero-order valence-electron chi connectivity index (χ0n) is 10.8. The molecule has 0 bridgehead atoms. The number of hydrogen-bond donors (Lipinski definition) is 4. The molecule has 0 saturated heterocycles. The molecule has 0 aromatic heterocycles. The van der Waals surface area contributed by atoms with Crippen molar-refractivity contribution in [2.75, 3.05) is 19.6 Å². The lowest BCUT2D eigenvalue weighted by Crippen LogP contribution is -2.57. The van der Waals surface area contributed by atoms with Gasteiger partial charge >= 0.3 is 6.09 Å². The molecule has 0 aromatic rings. The summed E-state index contributed by atoms with van der Waals surface area (Å²) >= 11 is 0. The Morgan fingerprint density at radius 3 is 2.17 bits per heavy atom. The Kier molecular flexibility index (Phi) is 5.86. The molecule has 0 heterocycles. The van der Waals surface area contributed by atoms with Crippen molar-refractivity contribution in [3.05, 3.63) is 0 Å². The van der Waals surface area contributed by atoms with Crippen LogP contribution in [0.15, 0.2) is 0 Å². The number of nitrogens with one attached hydrogen (secondary N) is 2. The second-order valence-corrected chi connectivity index (χ2v) is 4.92. The molecular formula is C10H20N3O5-. The van der Waals surface area contributed by atoms with Gasteiger partial charge in [-0.2, -0.15) is 0 Å². The van der Waals surface area contributed by atoms with E-state index in [-0.39, 0.29) is 19.6 Å². The molecule has 0 aliphatic carbocycles. The molecule has 0 saturated carbocycles. The van der Waals surface area contributed by atoms with Gasteiger partial charge in [0.1, 0.15) is 17.3 Å². The summed E-state index contributed by atoms with van der Waals surface area (Å²) in [5.74, 6) is 0. The van der Waals surface area contributed by atoms with Crippen LogP contribution in [-0.4, -0.2) is 48.1 Å². The van der Waals surface area contributed by atoms with Crippen LogP contribution in [0.25, 0.3) is 0 Å². The zero-order valence-corrected chi connectivity index (χ0v) is 10.8. The summed E-state index contributed by atoms with van der Waals surface area (Å²) in [6.45, 7) is 4.27. The van der Waals surface area contributed by atoms with Gasteiger partial charge in [0.15, 0.2) is 0 Å². The molecule has 18 heavy (non-hydrogen) atoms. The summed E-state index contributed by atoms with van der Waals surface area (Å²) in [6, 6.07) is 0. The maximum absolute atomic E-state index is 11.3. The predicted molar refractivity (Wildman–Crippen MR) is 61.6 cm³/mol. The Morgan fingerprint density at radius 1 is 1.28 bits per heavy atom. The molecule has 0 spiro atoms. The highest BCUT2D eigenvalue weighted by molar-refractivity contribution is 5.67. The Hall–Kier alpha value is -1.54. The molecule has 1 unspecified atom stereocenters. The number of rotatable bonds is 5. The summed E-state index contributed by atoms with van der Waals surface area (Å²) in [5.41, 5.74) is 3.07. The summed E-state index contributed by atoms with van der Waals surface area (Å²) in [6.07, 6.45) is -2.25. The van der Waals surface area contributed by atoms with Gasteiger partial charge in [-0.15, -0.1) is 0 Å². The Labute approximate surface area is 105 Å². The van der Waals surface area contributed by atoms with E-state index in [2.05, 4.69) is 5.32 Å². The van der Waals surface area contributed by atoms with E-state index >= 15 is 0 Å². The SMILES string of the molecule is CC(C)(C)OC(=O)NCC(O)(CN)CNC(=O)[O-]. The fourth-order valence-corrected chi connectivity index (χ4v) is 0.994. The van der Waals surface area contributed by atoms with Crippen LogP contribution >= 0.6 is 0 Å². The smallest absolute Gasteiger partial charge is 0.407 e. The van der Waals surface area contributed by atoms with Crippen molar-refractivity contribution in [1.82, 2.24) is 10.6 Å². The molecule has 106 valence electrons. The van der Waals surface area contributed by atoms with E-state index in [1.165, 1.54) is 0 Å². The average Bonchev–Trinajstić information content (AvgIpc) is 2.21. The minimum absolute atomic E-state index is 0.233. The summed E-state index contributed by atoms with van der Waals surface area (Å²) in [5, 5.41) is 24.3. The number of carbonyl (C=O) groups is 2. The van der Waals surface area contributed by atoms with Gasteiger partial charge in [-0.3, -0.25) is 0 Å². The molecule has 8 nitrogen and oxygen atoms in total. The number of alkyl carbamates (subject to hydrolysis) is 1. The van der Waals surface area contributed by atoms with Crippen molar-refractivity contribution in [2.24, 2.45) is 5.73 Å². The fourth-order valence-electron chi connectivity index (χ4n) is 0.994. The first kappa shape index (κ1) is 16.5. The van der Waals surface area contributed by atoms with Crippen LogP contribution in [0.1, 0.15) is 20.8 Å². The number of carboxylic acid groups (broad SMARTS) is 1. The van der Waals surface area contributed by atoms with Crippen LogP contribution in [0.2, 0.25) is 0 Å². The quantitative estimate of drug-likeness (QED) is 0.458. The highest BCUT2D eigenvalue weighted by Crippen LogP contribution is 2.07. The Bertz CT molecular complexity index is 302. The van der Waals surface area contributed by atoms with Gasteiger partial charge in [0.05, 0.1) is 6.54 Å². The van der Waals surface area contributed by atoms with Crippen LogP contribution in [0.4, 0.5) is 9.59 Å². The van der Waals surface area contributed by atoms with Gasteiger partial charge < -0.3 is 36.1 Å². The third-order valence-electron chi connectivity index (χ3n) is 1.90. The number of aliphatic hydroxyl groups is 1.